The quantitative estimate of drug-likeness (QED) is 0.734. The minimum Gasteiger partial charge on any atom is -0.496 e. The molecule has 1 N–H and O–H groups in total. The number of para-hydroxylation sites is 1. The fourth-order valence-electron chi connectivity index (χ4n) is 3.13. The highest BCUT2D eigenvalue weighted by molar-refractivity contribution is 6.07. The number of imide groups is 1. The predicted octanol–water partition coefficient (Wildman–Crippen LogP) is 2.33. The molecule has 0 bridgehead atoms. The first-order valence-electron chi connectivity index (χ1n) is 9.54. The summed E-state index contributed by atoms with van der Waals surface area (Å²) in [5.74, 6) is -1.72. The number of hydrogen-bond acceptors (Lipinski definition) is 6. The summed E-state index contributed by atoms with van der Waals surface area (Å²) in [6.45, 7) is 0.0507. The average molecular weight is 410 g/mol. The van der Waals surface area contributed by atoms with Crippen LogP contribution in [0.3, 0.4) is 0 Å². The molecule has 8 heteroatoms. The first kappa shape index (κ1) is 21.0. The highest BCUT2D eigenvalue weighted by atomic mass is 16.5. The monoisotopic (exact) mass is 410 g/mol. The zero-order chi connectivity index (χ0) is 21.5. The summed E-state index contributed by atoms with van der Waals surface area (Å²) in [6.07, 6.45) is 2.35. The number of amides is 3. The molecule has 1 fully saturated rings. The summed E-state index contributed by atoms with van der Waals surface area (Å²) in [5.41, 5.74) is 1.16. The van der Waals surface area contributed by atoms with E-state index in [2.05, 4.69) is 5.32 Å². The van der Waals surface area contributed by atoms with Crippen molar-refractivity contribution >= 4 is 29.4 Å². The van der Waals surface area contributed by atoms with Crippen molar-refractivity contribution in [2.24, 2.45) is 0 Å². The lowest BCUT2D eigenvalue weighted by molar-refractivity contribution is -0.123. The van der Waals surface area contributed by atoms with Gasteiger partial charge in [0.1, 0.15) is 5.75 Å². The first-order chi connectivity index (χ1) is 14.5. The number of methoxy groups -OCH3 is 1. The second-order valence-corrected chi connectivity index (χ2v) is 6.70. The Balaban J connectivity index is 1.53. The molecule has 2 aromatic rings. The van der Waals surface area contributed by atoms with Gasteiger partial charge in [-0.25, -0.2) is 4.79 Å². The largest absolute Gasteiger partial charge is 0.496 e. The molecule has 0 unspecified atom stereocenters. The van der Waals surface area contributed by atoms with Gasteiger partial charge in [-0.15, -0.1) is 0 Å². The molecule has 0 aliphatic carbocycles. The number of benzene rings is 2. The van der Waals surface area contributed by atoms with Gasteiger partial charge in [0, 0.05) is 18.7 Å². The van der Waals surface area contributed by atoms with Crippen molar-refractivity contribution in [2.45, 2.75) is 19.3 Å². The maximum atomic E-state index is 12.2. The van der Waals surface area contributed by atoms with Crippen LogP contribution >= 0.6 is 0 Å². The molecule has 1 aliphatic heterocycles. The molecule has 0 spiro atoms. The predicted molar refractivity (Wildman–Crippen MR) is 108 cm³/mol. The molecular formula is C22H22N2O6. The lowest BCUT2D eigenvalue weighted by atomic mass is 10.1. The molecule has 30 heavy (non-hydrogen) atoms. The number of carbonyl (C=O) groups is 4. The van der Waals surface area contributed by atoms with E-state index in [0.717, 1.165) is 18.5 Å². The van der Waals surface area contributed by atoms with E-state index in [1.54, 1.807) is 35.2 Å². The Morgan fingerprint density at radius 2 is 1.77 bits per heavy atom. The van der Waals surface area contributed by atoms with Crippen molar-refractivity contribution in [2.75, 3.05) is 25.2 Å². The van der Waals surface area contributed by atoms with Gasteiger partial charge in [0.2, 0.25) is 5.91 Å². The molecule has 156 valence electrons. The van der Waals surface area contributed by atoms with Gasteiger partial charge in [-0.2, -0.15) is 0 Å². The Morgan fingerprint density at radius 3 is 2.47 bits per heavy atom. The van der Waals surface area contributed by atoms with E-state index < -0.39 is 24.4 Å². The smallest absolute Gasteiger partial charge is 0.338 e. The molecule has 0 radical (unpaired) electrons. The van der Waals surface area contributed by atoms with Crippen molar-refractivity contribution < 1.29 is 28.7 Å². The van der Waals surface area contributed by atoms with Crippen LogP contribution in [0.15, 0.2) is 48.5 Å². The number of anilines is 1. The van der Waals surface area contributed by atoms with Crippen molar-refractivity contribution in [1.82, 2.24) is 5.32 Å². The van der Waals surface area contributed by atoms with Crippen LogP contribution in [0.1, 0.15) is 40.0 Å². The maximum absolute atomic E-state index is 12.2. The molecule has 3 rings (SSSR count). The normalized spacial score (nSPS) is 13.5. The lowest BCUT2D eigenvalue weighted by Crippen LogP contribution is -2.35. The fourth-order valence-corrected chi connectivity index (χ4v) is 3.13. The summed E-state index contributed by atoms with van der Waals surface area (Å²) in [5, 5.41) is 2.16. The van der Waals surface area contributed by atoms with Crippen LogP contribution in [0.25, 0.3) is 0 Å². The van der Waals surface area contributed by atoms with Crippen LogP contribution in [0.5, 0.6) is 5.75 Å². The molecule has 0 atom stereocenters. The number of nitrogens with zero attached hydrogens (tertiary/aromatic N) is 1. The summed E-state index contributed by atoms with van der Waals surface area (Å²) >= 11 is 0. The minimum absolute atomic E-state index is 0.0629. The van der Waals surface area contributed by atoms with Crippen molar-refractivity contribution in [1.29, 1.82) is 0 Å². The van der Waals surface area contributed by atoms with Gasteiger partial charge in [-0.05, 0) is 49.2 Å². The lowest BCUT2D eigenvalue weighted by Gasteiger charge is -2.26. The molecular weight excluding hydrogens is 388 g/mol. The number of hydrogen-bond donors (Lipinski definition) is 1. The molecule has 0 aromatic heterocycles. The Kier molecular flexibility index (Phi) is 6.79. The van der Waals surface area contributed by atoms with Gasteiger partial charge < -0.3 is 14.4 Å². The summed E-state index contributed by atoms with van der Waals surface area (Å²) in [7, 11) is 1.42. The van der Waals surface area contributed by atoms with Gasteiger partial charge >= 0.3 is 5.97 Å². The van der Waals surface area contributed by atoms with Crippen LogP contribution < -0.4 is 15.0 Å². The van der Waals surface area contributed by atoms with Crippen molar-refractivity contribution in [3.05, 3.63) is 59.7 Å². The number of rotatable bonds is 6. The van der Waals surface area contributed by atoms with Gasteiger partial charge in [0.15, 0.2) is 6.61 Å². The van der Waals surface area contributed by atoms with Crippen molar-refractivity contribution in [3.8, 4) is 5.75 Å². The van der Waals surface area contributed by atoms with E-state index in [-0.39, 0.29) is 17.0 Å². The number of piperidine rings is 1. The van der Waals surface area contributed by atoms with E-state index in [9.17, 15) is 19.2 Å². The number of nitrogens with one attached hydrogen (secondary N) is 1. The van der Waals surface area contributed by atoms with Gasteiger partial charge in [0.25, 0.3) is 11.8 Å². The van der Waals surface area contributed by atoms with E-state index in [1.807, 2.05) is 0 Å². The molecule has 1 saturated heterocycles. The fraction of sp³-hybridized carbons (Fsp3) is 0.273. The minimum atomic E-state index is -0.755. The van der Waals surface area contributed by atoms with Crippen LogP contribution in [0, 0.1) is 0 Å². The number of ether oxygens (including phenoxy) is 2. The van der Waals surface area contributed by atoms with E-state index in [1.165, 1.54) is 25.3 Å². The molecule has 3 amide bonds. The third kappa shape index (κ3) is 5.02. The zero-order valence-electron chi connectivity index (χ0n) is 16.6. The topological polar surface area (TPSA) is 102 Å². The highest BCUT2D eigenvalue weighted by Crippen LogP contribution is 2.21. The molecule has 1 heterocycles. The maximum Gasteiger partial charge on any atom is 0.338 e. The van der Waals surface area contributed by atoms with Crippen LogP contribution in [0.2, 0.25) is 0 Å². The summed E-state index contributed by atoms with van der Waals surface area (Å²) < 4.78 is 10.1. The van der Waals surface area contributed by atoms with Crippen molar-refractivity contribution in [3.63, 3.8) is 0 Å². The van der Waals surface area contributed by atoms with Gasteiger partial charge in [-0.1, -0.05) is 12.1 Å². The first-order valence-corrected chi connectivity index (χ1v) is 9.54. The molecule has 2 aromatic carbocycles. The number of carbonyl (C=O) groups excluding carboxylic acids is 4. The second-order valence-electron chi connectivity index (χ2n) is 6.70. The molecule has 1 aliphatic rings. The number of esters is 1. The zero-order valence-corrected chi connectivity index (χ0v) is 16.6. The summed E-state index contributed by atoms with van der Waals surface area (Å²) in [4.78, 5) is 50.0. The Labute approximate surface area is 173 Å². The molecule has 0 saturated carbocycles. The van der Waals surface area contributed by atoms with E-state index in [4.69, 9.17) is 9.47 Å². The van der Waals surface area contributed by atoms with Crippen LogP contribution in [-0.4, -0.2) is 44.0 Å². The standard InChI is InChI=1S/C22H22N2O6/c1-29-18-7-3-2-6-17(18)21(27)23-19(25)14-30-22(28)15-9-11-16(12-10-15)24-13-5-4-8-20(24)26/h2-3,6-7,9-12H,4-5,8,13-14H2,1H3,(H,23,25,27). The van der Waals surface area contributed by atoms with Crippen LogP contribution in [0.4, 0.5) is 5.69 Å². The molecule has 8 nitrogen and oxygen atoms in total. The van der Waals surface area contributed by atoms with E-state index in [0.29, 0.717) is 18.7 Å². The van der Waals surface area contributed by atoms with Gasteiger partial charge in [-0.3, -0.25) is 19.7 Å². The summed E-state index contributed by atoms with van der Waals surface area (Å²) in [6, 6.07) is 12.9. The third-order valence-corrected chi connectivity index (χ3v) is 4.68. The van der Waals surface area contributed by atoms with E-state index >= 15 is 0 Å². The highest BCUT2D eigenvalue weighted by Gasteiger charge is 2.20. The Hall–Kier alpha value is -3.68. The second kappa shape index (κ2) is 9.69. The van der Waals surface area contributed by atoms with Crippen LogP contribution in [-0.2, 0) is 14.3 Å². The third-order valence-electron chi connectivity index (χ3n) is 4.68. The Morgan fingerprint density at radius 1 is 1.03 bits per heavy atom. The van der Waals surface area contributed by atoms with Gasteiger partial charge in [0.05, 0.1) is 18.2 Å². The Bertz CT molecular complexity index is 954. The average Bonchev–Trinajstić information content (AvgIpc) is 2.78. The SMILES string of the molecule is COc1ccccc1C(=O)NC(=O)COC(=O)c1ccc(N2CCCCC2=O)cc1.